The first-order valence-electron chi connectivity index (χ1n) is 17.1. The summed E-state index contributed by atoms with van der Waals surface area (Å²) in [5.74, 6) is -0.0112. The lowest BCUT2D eigenvalue weighted by Crippen LogP contribution is -2.39. The maximum Gasteiger partial charge on any atom is 0.411 e. The highest BCUT2D eigenvalue weighted by molar-refractivity contribution is 7.13. The number of unbranched alkanes of at least 4 members (excludes halogenated alkanes) is 1. The van der Waals surface area contributed by atoms with Crippen molar-refractivity contribution in [1.29, 1.82) is 0 Å². The molecule has 5 aromatic rings. The van der Waals surface area contributed by atoms with Gasteiger partial charge in [0.1, 0.15) is 11.9 Å². The molecule has 3 heterocycles. The van der Waals surface area contributed by atoms with Crippen LogP contribution < -0.4 is 16.2 Å². The number of para-hydroxylation sites is 1. The van der Waals surface area contributed by atoms with Crippen LogP contribution in [0.1, 0.15) is 48.5 Å². The predicted molar refractivity (Wildman–Crippen MR) is 196 cm³/mol. The van der Waals surface area contributed by atoms with Crippen LogP contribution >= 0.6 is 11.3 Å². The van der Waals surface area contributed by atoms with E-state index in [9.17, 15) is 19.8 Å². The van der Waals surface area contributed by atoms with Gasteiger partial charge in [-0.05, 0) is 91.4 Å². The van der Waals surface area contributed by atoms with Crippen molar-refractivity contribution < 1.29 is 19.7 Å². The molecular weight excluding hydrogens is 637 g/mol. The van der Waals surface area contributed by atoms with E-state index in [1.165, 1.54) is 23.3 Å². The molecule has 0 spiro atoms. The Kier molecular flexibility index (Phi) is 11.8. The molecule has 5 N–H and O–H groups in total. The van der Waals surface area contributed by atoms with Crippen LogP contribution in [0.25, 0.3) is 21.3 Å². The minimum atomic E-state index is -0.752. The number of piperidine rings is 1. The molecule has 6 rings (SSSR count). The van der Waals surface area contributed by atoms with Crippen molar-refractivity contribution in [2.45, 2.75) is 50.7 Å². The highest BCUT2D eigenvalue weighted by Gasteiger charge is 2.23. The van der Waals surface area contributed by atoms with E-state index in [2.05, 4.69) is 44.8 Å². The Morgan fingerprint density at radius 2 is 1.71 bits per heavy atom. The number of phenolic OH excluding ortho intramolecular Hbond substituents is 1. The number of likely N-dealkylation sites (tertiary alicyclic amines) is 1. The number of thiophene rings is 1. The summed E-state index contributed by atoms with van der Waals surface area (Å²) in [7, 11) is 0. The third-order valence-electron chi connectivity index (χ3n) is 9.17. The lowest BCUT2D eigenvalue weighted by atomic mass is 10.0. The minimum absolute atomic E-state index is 0.0112. The maximum atomic E-state index is 12.7. The number of amides is 1. The smallest absolute Gasteiger partial charge is 0.411 e. The van der Waals surface area contributed by atoms with Crippen molar-refractivity contribution in [3.8, 4) is 16.2 Å². The molecule has 1 amide bonds. The van der Waals surface area contributed by atoms with Gasteiger partial charge in [0.15, 0.2) is 0 Å². The van der Waals surface area contributed by atoms with Gasteiger partial charge in [0.25, 0.3) is 0 Å². The van der Waals surface area contributed by atoms with E-state index >= 15 is 0 Å². The van der Waals surface area contributed by atoms with Gasteiger partial charge in [-0.1, -0.05) is 54.6 Å². The first-order valence-corrected chi connectivity index (χ1v) is 18.0. The predicted octanol–water partition coefficient (Wildman–Crippen LogP) is 6.86. The molecule has 1 aliphatic rings. The summed E-state index contributed by atoms with van der Waals surface area (Å²) in [4.78, 5) is 30.5. The van der Waals surface area contributed by atoms with Crippen LogP contribution in [-0.4, -0.2) is 65.0 Å². The third kappa shape index (κ3) is 9.36. The standard InChI is InChI=1S/C39H44N4O5S/c44-34-16-14-30(31-15-17-37(46)42-38(31)34)35(45)26-40-21-4-3-6-27-10-12-28(13-11-27)18-22-43-23-19-29(20-24-43)48-39(47)41-33-8-2-1-7-32(33)36-9-5-25-49-36/h1-2,5,7-17,25,29,35,40,44-45H,3-4,6,18-24,26H2,(H,41,47)(H,42,46). The average molecular weight is 681 g/mol. The zero-order chi connectivity index (χ0) is 34.0. The summed E-state index contributed by atoms with van der Waals surface area (Å²) in [5.41, 5.74) is 5.14. The molecule has 1 fully saturated rings. The van der Waals surface area contributed by atoms with Gasteiger partial charge in [0, 0.05) is 48.1 Å². The number of aliphatic hydroxyl groups is 1. The molecule has 10 heteroatoms. The second kappa shape index (κ2) is 16.8. The molecular formula is C39H44N4O5S. The Morgan fingerprint density at radius 3 is 2.49 bits per heavy atom. The number of aromatic amines is 1. The van der Waals surface area contributed by atoms with Gasteiger partial charge in [-0.2, -0.15) is 0 Å². The number of pyridine rings is 1. The number of anilines is 1. The Labute approximate surface area is 290 Å². The van der Waals surface area contributed by atoms with Crippen LogP contribution in [0, 0.1) is 0 Å². The number of H-pyrrole nitrogens is 1. The van der Waals surface area contributed by atoms with Crippen molar-refractivity contribution in [1.82, 2.24) is 15.2 Å². The summed E-state index contributed by atoms with van der Waals surface area (Å²) >= 11 is 1.65. The molecule has 0 saturated carbocycles. The Balaban J connectivity index is 0.847. The molecule has 49 heavy (non-hydrogen) atoms. The van der Waals surface area contributed by atoms with Crippen LogP contribution in [0.5, 0.6) is 5.75 Å². The largest absolute Gasteiger partial charge is 0.506 e. The number of aryl methyl sites for hydroxylation is 1. The highest BCUT2D eigenvalue weighted by atomic mass is 32.1. The molecule has 256 valence electrons. The van der Waals surface area contributed by atoms with E-state index in [0.717, 1.165) is 80.8 Å². The van der Waals surface area contributed by atoms with Crippen LogP contribution in [0.15, 0.2) is 95.1 Å². The number of ether oxygens (including phenoxy) is 1. The first-order chi connectivity index (χ1) is 23.9. The van der Waals surface area contributed by atoms with Crippen molar-refractivity contribution in [3.63, 3.8) is 0 Å². The fourth-order valence-electron chi connectivity index (χ4n) is 6.42. The molecule has 0 bridgehead atoms. The lowest BCUT2D eigenvalue weighted by molar-refractivity contribution is 0.0593. The zero-order valence-corrected chi connectivity index (χ0v) is 28.4. The molecule has 1 unspecified atom stereocenters. The summed E-state index contributed by atoms with van der Waals surface area (Å²) in [6, 6.07) is 27.0. The van der Waals surface area contributed by atoms with E-state index in [1.54, 1.807) is 23.5 Å². The van der Waals surface area contributed by atoms with Crippen molar-refractivity contribution in [2.24, 2.45) is 0 Å². The van der Waals surface area contributed by atoms with Gasteiger partial charge >= 0.3 is 6.09 Å². The lowest BCUT2D eigenvalue weighted by Gasteiger charge is -2.31. The molecule has 9 nitrogen and oxygen atoms in total. The summed E-state index contributed by atoms with van der Waals surface area (Å²) in [6.07, 6.45) is 4.48. The van der Waals surface area contributed by atoms with E-state index in [-0.39, 0.29) is 17.4 Å². The monoisotopic (exact) mass is 680 g/mol. The van der Waals surface area contributed by atoms with Crippen molar-refractivity contribution >= 4 is 34.0 Å². The molecule has 2 aromatic heterocycles. The number of rotatable bonds is 14. The number of aromatic nitrogens is 1. The van der Waals surface area contributed by atoms with Gasteiger partial charge in [-0.25, -0.2) is 4.79 Å². The van der Waals surface area contributed by atoms with Gasteiger partial charge in [-0.3, -0.25) is 10.1 Å². The number of fused-ring (bicyclic) bond motifs is 1. The molecule has 3 aromatic carbocycles. The molecule has 1 saturated heterocycles. The van der Waals surface area contributed by atoms with Crippen molar-refractivity contribution in [2.75, 3.05) is 38.0 Å². The summed E-state index contributed by atoms with van der Waals surface area (Å²) in [6.45, 7) is 4.00. The highest BCUT2D eigenvalue weighted by Crippen LogP contribution is 2.32. The summed E-state index contributed by atoms with van der Waals surface area (Å²) in [5, 5.41) is 29.7. The molecule has 1 atom stereocenters. The number of carbonyl (C=O) groups excluding carboxylic acids is 1. The number of aliphatic hydroxyl groups excluding tert-OH is 1. The maximum absolute atomic E-state index is 12.7. The molecule has 1 aliphatic heterocycles. The number of nitrogens with zero attached hydrogens (tertiary/aromatic N) is 1. The Morgan fingerprint density at radius 1 is 0.939 bits per heavy atom. The van der Waals surface area contributed by atoms with Gasteiger partial charge < -0.3 is 30.2 Å². The average Bonchev–Trinajstić information content (AvgIpc) is 3.66. The summed E-state index contributed by atoms with van der Waals surface area (Å²) < 4.78 is 5.79. The van der Waals surface area contributed by atoms with Crippen LogP contribution in [-0.2, 0) is 17.6 Å². The molecule has 0 aliphatic carbocycles. The number of nitrogens with one attached hydrogen (secondary N) is 3. The molecule has 0 radical (unpaired) electrons. The van der Waals surface area contributed by atoms with Crippen LogP contribution in [0.3, 0.4) is 0 Å². The SMILES string of the molecule is O=C(Nc1ccccc1-c1cccs1)OC1CCN(CCc2ccc(CCCCNCC(O)c3ccc(O)c4[nH]c(=O)ccc34)cc2)CC1. The number of hydrogen-bond acceptors (Lipinski definition) is 8. The van der Waals surface area contributed by atoms with Crippen LogP contribution in [0.2, 0.25) is 0 Å². The first kappa shape index (κ1) is 34.4. The number of aromatic hydroxyl groups is 1. The Hall–Kier alpha value is -4.48. The van der Waals surface area contributed by atoms with E-state index in [1.807, 2.05) is 41.8 Å². The number of hydrogen-bond donors (Lipinski definition) is 5. The normalized spacial score (nSPS) is 14.6. The topological polar surface area (TPSA) is 127 Å². The fourth-order valence-corrected chi connectivity index (χ4v) is 7.18. The van der Waals surface area contributed by atoms with E-state index in [0.29, 0.717) is 23.0 Å². The quantitative estimate of drug-likeness (QED) is 0.0811. The van der Waals surface area contributed by atoms with Crippen molar-refractivity contribution in [3.05, 3.63) is 117 Å². The number of carbonyl (C=O) groups is 1. The third-order valence-corrected chi connectivity index (χ3v) is 10.1. The van der Waals surface area contributed by atoms with E-state index in [4.69, 9.17) is 4.74 Å². The van der Waals surface area contributed by atoms with Gasteiger partial charge in [0.05, 0.1) is 17.3 Å². The fraction of sp³-hybridized carbons (Fsp3) is 0.333. The second-order valence-electron chi connectivity index (χ2n) is 12.6. The zero-order valence-electron chi connectivity index (χ0n) is 27.6. The minimum Gasteiger partial charge on any atom is -0.506 e. The van der Waals surface area contributed by atoms with Crippen LogP contribution in [0.4, 0.5) is 10.5 Å². The Bertz CT molecular complexity index is 1870. The van der Waals surface area contributed by atoms with Gasteiger partial charge in [0.2, 0.25) is 5.56 Å². The van der Waals surface area contributed by atoms with E-state index < -0.39 is 12.2 Å². The number of benzene rings is 3. The second-order valence-corrected chi connectivity index (χ2v) is 13.6. The van der Waals surface area contributed by atoms with Gasteiger partial charge in [-0.15, -0.1) is 11.3 Å². The number of phenols is 1.